The minimum Gasteiger partial charge on any atom is -0.474 e. The van der Waals surface area contributed by atoms with Crippen LogP contribution in [-0.2, 0) is 25.2 Å². The van der Waals surface area contributed by atoms with Crippen molar-refractivity contribution in [2.24, 2.45) is 0 Å². The molecular formula is C44H43F3N6O7. The smallest absolute Gasteiger partial charge is 0.421 e. The lowest BCUT2D eigenvalue weighted by molar-refractivity contribution is -0.141. The van der Waals surface area contributed by atoms with E-state index in [0.717, 1.165) is 44.9 Å². The monoisotopic (exact) mass is 824 g/mol. The van der Waals surface area contributed by atoms with Crippen LogP contribution in [0, 0.1) is 0 Å². The van der Waals surface area contributed by atoms with Gasteiger partial charge in [-0.25, -0.2) is 4.98 Å². The molecule has 1 atom stereocenters. The number of alkyl halides is 3. The Balaban J connectivity index is 0.645. The number of hydrogen-bond donors (Lipinski definition) is 2. The lowest BCUT2D eigenvalue weighted by Gasteiger charge is -2.40. The second kappa shape index (κ2) is 16.3. The number of nitrogens with one attached hydrogen (secondary N) is 2. The Morgan fingerprint density at radius 2 is 1.57 bits per heavy atom. The van der Waals surface area contributed by atoms with Crippen molar-refractivity contribution < 1.29 is 46.5 Å². The summed E-state index contributed by atoms with van der Waals surface area (Å²) in [6, 6.07) is 12.8. The molecule has 4 aliphatic rings. The maximum Gasteiger partial charge on any atom is 0.421 e. The molecule has 3 amide bonds. The number of halogens is 3. The number of carbonyl (C=O) groups is 3. The van der Waals surface area contributed by atoms with E-state index in [0.29, 0.717) is 99.6 Å². The quantitative estimate of drug-likeness (QED) is 0.0852. The van der Waals surface area contributed by atoms with Crippen molar-refractivity contribution in [2.45, 2.75) is 69.1 Å². The fourth-order valence-electron chi connectivity index (χ4n) is 8.15. The third-order valence-corrected chi connectivity index (χ3v) is 11.5. The first kappa shape index (κ1) is 39.6. The minimum atomic E-state index is -4.64. The van der Waals surface area contributed by atoms with E-state index < -0.39 is 47.5 Å². The van der Waals surface area contributed by atoms with Gasteiger partial charge < -0.3 is 34.1 Å². The molecule has 2 saturated heterocycles. The third-order valence-electron chi connectivity index (χ3n) is 11.5. The summed E-state index contributed by atoms with van der Waals surface area (Å²) in [5.41, 5.74) is 3.74. The lowest BCUT2D eigenvalue weighted by atomic mass is 9.92. The summed E-state index contributed by atoms with van der Waals surface area (Å²) in [7, 11) is 0. The van der Waals surface area contributed by atoms with Crippen LogP contribution >= 0.6 is 0 Å². The van der Waals surface area contributed by atoms with Crippen molar-refractivity contribution in [3.8, 4) is 17.0 Å². The molecule has 5 aromatic rings. The Hall–Kier alpha value is -5.84. The molecule has 0 radical (unpaired) electrons. The largest absolute Gasteiger partial charge is 0.474 e. The van der Waals surface area contributed by atoms with Gasteiger partial charge in [0.05, 0.1) is 23.3 Å². The molecule has 1 unspecified atom stereocenters. The molecule has 2 aromatic carbocycles. The molecule has 2 N–H and O–H groups in total. The Kier molecular flexibility index (Phi) is 10.8. The standard InChI is InChI=1S/C44H43F3N6O7/c1-25-4-9-39(40(54)50-25)53-42(55)33-8-6-28(18-34(33)43(53)56)52-23-31(24-52)59-15-3-13-57-12-2-14-58-29-19-30(20-29)60-41-36(44(45,46)47)16-27(21-49-41)26-5-7-32-35-22-48-11-10-37(35)51-38(32)17-26/h5-8,10-11,16-18,21-22,29-31,39,51H,1-4,9,12-15,19-20,23-24H2,(H,50,54). The van der Waals surface area contributed by atoms with Crippen molar-refractivity contribution in [3.05, 3.63) is 96.1 Å². The molecular weight excluding hydrogens is 782 g/mol. The van der Waals surface area contributed by atoms with Gasteiger partial charge in [-0.2, -0.15) is 13.2 Å². The first-order chi connectivity index (χ1) is 29.0. The highest BCUT2D eigenvalue weighted by atomic mass is 19.4. The fraction of sp³-hybridized carbons (Fsp3) is 0.386. The Morgan fingerprint density at radius 3 is 2.33 bits per heavy atom. The number of aromatic amines is 1. The minimum absolute atomic E-state index is 0.0374. The fourth-order valence-corrected chi connectivity index (χ4v) is 8.15. The second-order valence-electron chi connectivity index (χ2n) is 15.7. The number of amides is 3. The molecule has 16 heteroatoms. The van der Waals surface area contributed by atoms with Crippen LogP contribution in [0.25, 0.3) is 32.9 Å². The normalized spacial score (nSPS) is 20.8. The van der Waals surface area contributed by atoms with Crippen molar-refractivity contribution >= 4 is 45.2 Å². The zero-order chi connectivity index (χ0) is 41.5. The van der Waals surface area contributed by atoms with Gasteiger partial charge in [0.25, 0.3) is 11.8 Å². The van der Waals surface area contributed by atoms with Crippen LogP contribution in [0.1, 0.15) is 64.8 Å². The Morgan fingerprint density at radius 1 is 0.800 bits per heavy atom. The first-order valence-electron chi connectivity index (χ1n) is 20.2. The van der Waals surface area contributed by atoms with Gasteiger partial charge in [-0.3, -0.25) is 24.3 Å². The summed E-state index contributed by atoms with van der Waals surface area (Å²) in [5.74, 6) is -1.73. The van der Waals surface area contributed by atoms with E-state index in [2.05, 4.69) is 31.7 Å². The average Bonchev–Trinajstić information content (AvgIpc) is 3.69. The molecule has 9 rings (SSSR count). The molecule has 3 fully saturated rings. The zero-order valence-corrected chi connectivity index (χ0v) is 32.6. The number of ether oxygens (including phenoxy) is 4. The Bertz CT molecular complexity index is 2480. The summed E-state index contributed by atoms with van der Waals surface area (Å²) >= 11 is 0. The molecule has 0 spiro atoms. The number of fused-ring (bicyclic) bond motifs is 4. The first-order valence-corrected chi connectivity index (χ1v) is 20.2. The van der Waals surface area contributed by atoms with Crippen LogP contribution in [0.2, 0.25) is 0 Å². The van der Waals surface area contributed by atoms with Gasteiger partial charge >= 0.3 is 6.18 Å². The lowest BCUT2D eigenvalue weighted by Crippen LogP contribution is -2.52. The van der Waals surface area contributed by atoms with E-state index in [4.69, 9.17) is 18.9 Å². The van der Waals surface area contributed by atoms with E-state index in [1.165, 1.54) is 6.20 Å². The molecule has 1 aliphatic carbocycles. The number of H-pyrrole nitrogens is 1. The number of allylic oxidation sites excluding steroid dienone is 1. The number of anilines is 1. The maximum absolute atomic E-state index is 14.2. The summed E-state index contributed by atoms with van der Waals surface area (Å²) in [6.07, 6.45) is 2.94. The van der Waals surface area contributed by atoms with Crippen LogP contribution < -0.4 is 15.0 Å². The number of hydrogen-bond acceptors (Lipinski definition) is 10. The zero-order valence-electron chi connectivity index (χ0n) is 32.6. The number of nitrogens with zero attached hydrogens (tertiary/aromatic N) is 4. The molecule has 1 saturated carbocycles. The van der Waals surface area contributed by atoms with Gasteiger partial charge in [-0.1, -0.05) is 18.7 Å². The van der Waals surface area contributed by atoms with Gasteiger partial charge in [0.2, 0.25) is 11.8 Å². The number of rotatable bonds is 15. The highest BCUT2D eigenvalue weighted by Crippen LogP contribution is 2.40. The SMILES string of the molecule is C=C1CCC(N2C(=O)c3ccc(N4CC(OCCCOCCCOC5CC(Oc6ncc(-c7ccc8c(c7)[nH]c7ccncc78)cc6C(F)(F)F)C5)C4)cc3C2=O)C(=O)N1. The topological polar surface area (TPSA) is 148 Å². The van der Waals surface area contributed by atoms with Gasteiger partial charge in [0.15, 0.2) is 0 Å². The predicted molar refractivity (Wildman–Crippen MR) is 214 cm³/mol. The van der Waals surface area contributed by atoms with Crippen LogP contribution in [0.15, 0.2) is 79.4 Å². The van der Waals surface area contributed by atoms with Gasteiger partial charge in [0.1, 0.15) is 17.7 Å². The van der Waals surface area contributed by atoms with E-state index >= 15 is 0 Å². The number of piperidine rings is 1. The van der Waals surface area contributed by atoms with Gasteiger partial charge in [0, 0.05) is 110 Å². The van der Waals surface area contributed by atoms with Crippen molar-refractivity contribution in [1.82, 2.24) is 25.2 Å². The summed E-state index contributed by atoms with van der Waals surface area (Å²) in [4.78, 5) is 53.4. The number of imide groups is 1. The van der Waals surface area contributed by atoms with Crippen LogP contribution in [-0.4, -0.2) is 101 Å². The van der Waals surface area contributed by atoms with Gasteiger partial charge in [-0.05, 0) is 67.6 Å². The van der Waals surface area contributed by atoms with E-state index in [1.807, 2.05) is 24.3 Å². The number of carbonyl (C=O) groups excluding carboxylic acids is 3. The number of benzene rings is 2. The molecule has 13 nitrogen and oxygen atoms in total. The van der Waals surface area contributed by atoms with Crippen LogP contribution in [0.5, 0.6) is 5.88 Å². The Labute approximate surface area is 342 Å². The second-order valence-corrected chi connectivity index (χ2v) is 15.7. The predicted octanol–water partition coefficient (Wildman–Crippen LogP) is 6.81. The van der Waals surface area contributed by atoms with Crippen molar-refractivity contribution in [1.29, 1.82) is 0 Å². The molecule has 312 valence electrons. The van der Waals surface area contributed by atoms with Crippen molar-refractivity contribution in [2.75, 3.05) is 44.4 Å². The van der Waals surface area contributed by atoms with Crippen LogP contribution in [0.3, 0.4) is 0 Å². The number of aromatic nitrogens is 3. The molecule has 6 heterocycles. The highest BCUT2D eigenvalue weighted by Gasteiger charge is 2.44. The molecule has 60 heavy (non-hydrogen) atoms. The van der Waals surface area contributed by atoms with E-state index in [9.17, 15) is 27.6 Å². The molecule has 3 aromatic heterocycles. The summed E-state index contributed by atoms with van der Waals surface area (Å²) < 4.78 is 65.8. The van der Waals surface area contributed by atoms with E-state index in [1.54, 1.807) is 30.6 Å². The molecule has 3 aliphatic heterocycles. The number of pyridine rings is 2. The van der Waals surface area contributed by atoms with E-state index in [-0.39, 0.29) is 12.2 Å². The average molecular weight is 825 g/mol. The van der Waals surface area contributed by atoms with Crippen molar-refractivity contribution in [3.63, 3.8) is 0 Å². The molecule has 0 bridgehead atoms. The summed E-state index contributed by atoms with van der Waals surface area (Å²) in [6.45, 7) is 7.11. The maximum atomic E-state index is 14.2. The third kappa shape index (κ3) is 7.94. The summed E-state index contributed by atoms with van der Waals surface area (Å²) in [5, 5.41) is 4.52. The van der Waals surface area contributed by atoms with Crippen LogP contribution in [0.4, 0.5) is 18.9 Å². The van der Waals surface area contributed by atoms with Gasteiger partial charge in [-0.15, -0.1) is 0 Å². The highest BCUT2D eigenvalue weighted by molar-refractivity contribution is 6.23.